The second-order valence-corrected chi connectivity index (χ2v) is 5.94. The molecule has 7 nitrogen and oxygen atoms in total. The third kappa shape index (κ3) is 4.94. The van der Waals surface area contributed by atoms with Gasteiger partial charge in [0.25, 0.3) is 0 Å². The molecule has 1 fully saturated rings. The molecule has 0 aliphatic carbocycles. The van der Waals surface area contributed by atoms with Crippen LogP contribution in [-0.4, -0.2) is 66.3 Å². The lowest BCUT2D eigenvalue weighted by molar-refractivity contribution is 0.0375. The molecule has 3 heterocycles. The average Bonchev–Trinajstić information content (AvgIpc) is 3.02. The minimum absolute atomic E-state index is 0.110. The van der Waals surface area contributed by atoms with Crippen LogP contribution in [0.5, 0.6) is 0 Å². The van der Waals surface area contributed by atoms with Crippen LogP contribution in [0.15, 0.2) is 30.6 Å². The number of fused-ring (bicyclic) bond motifs is 1. The Morgan fingerprint density at radius 3 is 2.88 bits per heavy atom. The first kappa shape index (κ1) is 16.7. The lowest BCUT2D eigenvalue weighted by atomic mass is 10.3. The van der Waals surface area contributed by atoms with E-state index in [9.17, 15) is 4.79 Å². The lowest BCUT2D eigenvalue weighted by Crippen LogP contribution is -2.40. The molecule has 2 N–H and O–H groups in total. The molecule has 7 heteroatoms. The Morgan fingerprint density at radius 1 is 1.21 bits per heavy atom. The van der Waals surface area contributed by atoms with Crippen molar-refractivity contribution < 1.29 is 9.53 Å². The second kappa shape index (κ2) is 8.65. The molecule has 130 valence electrons. The number of aromatic nitrogens is 2. The Labute approximate surface area is 142 Å². The minimum atomic E-state index is -0.110. The number of carbonyl (C=O) groups is 1. The number of nitrogens with zero attached hydrogens (tertiary/aromatic N) is 3. The fourth-order valence-electron chi connectivity index (χ4n) is 2.80. The van der Waals surface area contributed by atoms with Gasteiger partial charge in [0.05, 0.1) is 18.9 Å². The number of nitrogens with one attached hydrogen (secondary N) is 2. The van der Waals surface area contributed by atoms with Crippen molar-refractivity contribution >= 4 is 11.7 Å². The lowest BCUT2D eigenvalue weighted by Gasteiger charge is -2.26. The van der Waals surface area contributed by atoms with E-state index in [1.165, 1.54) is 0 Å². The highest BCUT2D eigenvalue weighted by atomic mass is 16.5. The summed E-state index contributed by atoms with van der Waals surface area (Å²) in [7, 11) is 0. The van der Waals surface area contributed by atoms with Crippen LogP contribution in [-0.2, 0) is 11.2 Å². The number of imidazole rings is 1. The van der Waals surface area contributed by atoms with Gasteiger partial charge in [0.15, 0.2) is 0 Å². The minimum Gasteiger partial charge on any atom is -0.379 e. The van der Waals surface area contributed by atoms with Crippen molar-refractivity contribution in [3.63, 3.8) is 0 Å². The summed E-state index contributed by atoms with van der Waals surface area (Å²) in [4.78, 5) is 18.7. The maximum absolute atomic E-state index is 11.8. The molecule has 1 aliphatic heterocycles. The summed E-state index contributed by atoms with van der Waals surface area (Å²) in [5.41, 5.74) is 1.91. The maximum Gasteiger partial charge on any atom is 0.314 e. The number of rotatable bonds is 7. The Bertz CT molecular complexity index is 618. The van der Waals surface area contributed by atoms with E-state index < -0.39 is 0 Å². The molecule has 0 bridgehead atoms. The van der Waals surface area contributed by atoms with E-state index in [2.05, 4.69) is 20.5 Å². The van der Waals surface area contributed by atoms with E-state index in [0.29, 0.717) is 13.1 Å². The van der Waals surface area contributed by atoms with Crippen molar-refractivity contribution in [3.05, 3.63) is 36.3 Å². The van der Waals surface area contributed by atoms with Gasteiger partial charge in [-0.25, -0.2) is 9.78 Å². The van der Waals surface area contributed by atoms with Gasteiger partial charge in [-0.3, -0.25) is 4.90 Å². The number of morpholine rings is 1. The fraction of sp³-hybridized carbons (Fsp3) is 0.529. The van der Waals surface area contributed by atoms with Crippen LogP contribution in [0.4, 0.5) is 4.79 Å². The van der Waals surface area contributed by atoms with Gasteiger partial charge in [-0.15, -0.1) is 0 Å². The van der Waals surface area contributed by atoms with Crippen molar-refractivity contribution in [2.45, 2.75) is 12.8 Å². The van der Waals surface area contributed by atoms with Crippen LogP contribution in [0.1, 0.15) is 12.1 Å². The van der Waals surface area contributed by atoms with Crippen LogP contribution >= 0.6 is 0 Å². The molecule has 0 spiro atoms. The van der Waals surface area contributed by atoms with Gasteiger partial charge in [-0.2, -0.15) is 0 Å². The normalized spacial score (nSPS) is 15.5. The summed E-state index contributed by atoms with van der Waals surface area (Å²) in [5.74, 6) is 0. The first-order chi connectivity index (χ1) is 11.8. The number of pyridine rings is 1. The van der Waals surface area contributed by atoms with Crippen LogP contribution in [0, 0.1) is 0 Å². The second-order valence-electron chi connectivity index (χ2n) is 5.94. The summed E-state index contributed by atoms with van der Waals surface area (Å²) in [6, 6.07) is 5.80. The molecule has 3 rings (SSSR count). The van der Waals surface area contributed by atoms with E-state index >= 15 is 0 Å². The molecule has 0 radical (unpaired) electrons. The van der Waals surface area contributed by atoms with Crippen molar-refractivity contribution in [3.8, 4) is 0 Å². The Hall–Kier alpha value is -2.12. The smallest absolute Gasteiger partial charge is 0.314 e. The number of carbonyl (C=O) groups excluding carboxylic acids is 1. The molecule has 1 saturated heterocycles. The van der Waals surface area contributed by atoms with Crippen LogP contribution < -0.4 is 10.6 Å². The predicted octanol–water partition coefficient (Wildman–Crippen LogP) is 0.898. The summed E-state index contributed by atoms with van der Waals surface area (Å²) in [5, 5.41) is 5.78. The molecule has 0 unspecified atom stereocenters. The van der Waals surface area contributed by atoms with Gasteiger partial charge in [0, 0.05) is 45.0 Å². The molecule has 24 heavy (non-hydrogen) atoms. The first-order valence-corrected chi connectivity index (χ1v) is 8.56. The molecule has 2 aromatic rings. The summed E-state index contributed by atoms with van der Waals surface area (Å²) < 4.78 is 7.30. The number of amides is 2. The largest absolute Gasteiger partial charge is 0.379 e. The van der Waals surface area contributed by atoms with Crippen LogP contribution in [0.2, 0.25) is 0 Å². The van der Waals surface area contributed by atoms with Crippen molar-refractivity contribution in [2.24, 2.45) is 0 Å². The van der Waals surface area contributed by atoms with E-state index in [1.807, 2.05) is 35.0 Å². The SMILES string of the molecule is O=C(NCCCN1CCOCC1)NCCc1cn2ccccc2n1. The highest BCUT2D eigenvalue weighted by molar-refractivity contribution is 5.73. The Morgan fingerprint density at radius 2 is 2.04 bits per heavy atom. The average molecular weight is 331 g/mol. The topological polar surface area (TPSA) is 70.9 Å². The van der Waals surface area contributed by atoms with E-state index in [1.54, 1.807) is 0 Å². The maximum atomic E-state index is 11.8. The molecular formula is C17H25N5O2. The molecular weight excluding hydrogens is 306 g/mol. The van der Waals surface area contributed by atoms with Gasteiger partial charge in [-0.1, -0.05) is 6.07 Å². The third-order valence-corrected chi connectivity index (χ3v) is 4.12. The summed E-state index contributed by atoms with van der Waals surface area (Å²) in [6.07, 6.45) is 5.65. The zero-order valence-electron chi connectivity index (χ0n) is 13.9. The molecule has 1 aliphatic rings. The number of urea groups is 1. The predicted molar refractivity (Wildman–Crippen MR) is 92.2 cm³/mol. The quantitative estimate of drug-likeness (QED) is 0.740. The number of hydrogen-bond donors (Lipinski definition) is 2. The van der Waals surface area contributed by atoms with E-state index in [-0.39, 0.29) is 6.03 Å². The molecule has 2 aromatic heterocycles. The van der Waals surface area contributed by atoms with Gasteiger partial charge >= 0.3 is 6.03 Å². The summed E-state index contributed by atoms with van der Waals surface area (Å²) >= 11 is 0. The van der Waals surface area contributed by atoms with Crippen LogP contribution in [0.25, 0.3) is 5.65 Å². The fourth-order valence-corrected chi connectivity index (χ4v) is 2.80. The molecule has 0 aromatic carbocycles. The molecule has 0 atom stereocenters. The monoisotopic (exact) mass is 331 g/mol. The van der Waals surface area contributed by atoms with Gasteiger partial charge in [-0.05, 0) is 25.1 Å². The zero-order chi connectivity index (χ0) is 16.6. The van der Waals surface area contributed by atoms with Crippen molar-refractivity contribution in [1.29, 1.82) is 0 Å². The van der Waals surface area contributed by atoms with Crippen molar-refractivity contribution in [2.75, 3.05) is 45.9 Å². The highest BCUT2D eigenvalue weighted by Gasteiger charge is 2.09. The van der Waals surface area contributed by atoms with Gasteiger partial charge in [0.1, 0.15) is 5.65 Å². The number of ether oxygens (including phenoxy) is 1. The van der Waals surface area contributed by atoms with E-state index in [4.69, 9.17) is 4.74 Å². The van der Waals surface area contributed by atoms with Crippen molar-refractivity contribution in [1.82, 2.24) is 24.9 Å². The standard InChI is InChI=1S/C17H25N5O2/c23-17(18-6-3-8-21-10-12-24-13-11-21)19-7-5-15-14-22-9-2-1-4-16(22)20-15/h1-2,4,9,14H,3,5-8,10-13H2,(H2,18,19,23). The number of hydrogen-bond acceptors (Lipinski definition) is 4. The highest BCUT2D eigenvalue weighted by Crippen LogP contribution is 2.04. The van der Waals surface area contributed by atoms with Gasteiger partial charge < -0.3 is 19.8 Å². The third-order valence-electron chi connectivity index (χ3n) is 4.12. The van der Waals surface area contributed by atoms with Gasteiger partial charge in [0.2, 0.25) is 0 Å². The summed E-state index contributed by atoms with van der Waals surface area (Å²) in [6.45, 7) is 5.89. The van der Waals surface area contributed by atoms with E-state index in [0.717, 1.165) is 57.0 Å². The molecule has 2 amide bonds. The molecule has 0 saturated carbocycles. The van der Waals surface area contributed by atoms with Crippen LogP contribution in [0.3, 0.4) is 0 Å². The Kier molecular flexibility index (Phi) is 6.03. The first-order valence-electron chi connectivity index (χ1n) is 8.56. The Balaban J connectivity index is 1.28. The zero-order valence-corrected chi connectivity index (χ0v) is 13.9.